The van der Waals surface area contributed by atoms with Gasteiger partial charge in [-0.15, -0.1) is 0 Å². The third-order valence-electron chi connectivity index (χ3n) is 3.68. The van der Waals surface area contributed by atoms with Crippen molar-refractivity contribution < 1.29 is 14.4 Å². The van der Waals surface area contributed by atoms with Gasteiger partial charge in [0.05, 0.1) is 17.2 Å². The predicted molar refractivity (Wildman–Crippen MR) is 83.1 cm³/mol. The molecule has 0 amide bonds. The lowest BCUT2D eigenvalue weighted by molar-refractivity contribution is 0.296. The maximum atomic E-state index is 12.3. The number of nitrogens with two attached hydrogens (primary N) is 1. The van der Waals surface area contributed by atoms with Crippen LogP contribution in [0.3, 0.4) is 0 Å². The molecule has 1 aliphatic heterocycles. The van der Waals surface area contributed by atoms with E-state index >= 15 is 0 Å². The molecule has 2 aromatic rings. The zero-order valence-corrected chi connectivity index (χ0v) is 12.5. The van der Waals surface area contributed by atoms with E-state index in [2.05, 4.69) is 0 Å². The van der Waals surface area contributed by atoms with E-state index in [1.807, 2.05) is 6.07 Å². The van der Waals surface area contributed by atoms with Gasteiger partial charge < -0.3 is 25.3 Å². The highest BCUT2D eigenvalue weighted by Crippen LogP contribution is 2.41. The number of nitriles is 1. The van der Waals surface area contributed by atoms with Crippen molar-refractivity contribution in [3.63, 3.8) is 0 Å². The number of hydrogen-bond donors (Lipinski definition) is 2. The van der Waals surface area contributed by atoms with Gasteiger partial charge in [-0.05, 0) is 24.6 Å². The summed E-state index contributed by atoms with van der Waals surface area (Å²) in [6.07, 6.45) is 0. The van der Waals surface area contributed by atoms with E-state index in [9.17, 15) is 15.3 Å². The van der Waals surface area contributed by atoms with Gasteiger partial charge in [0.2, 0.25) is 5.88 Å². The van der Waals surface area contributed by atoms with Gasteiger partial charge in [-0.25, -0.2) is 4.79 Å². The second-order valence-electron chi connectivity index (χ2n) is 5.22. The molecule has 0 aliphatic carbocycles. The highest BCUT2D eigenvalue weighted by atomic mass is 16.8. The van der Waals surface area contributed by atoms with Crippen LogP contribution < -0.4 is 21.3 Å². The van der Waals surface area contributed by atoms with Crippen molar-refractivity contribution >= 4 is 5.69 Å². The molecule has 1 atom stereocenters. The van der Waals surface area contributed by atoms with Crippen LogP contribution in [0.5, 0.6) is 5.75 Å². The van der Waals surface area contributed by atoms with Crippen LogP contribution in [0, 0.1) is 23.5 Å². The molecule has 1 unspecified atom stereocenters. The summed E-state index contributed by atoms with van der Waals surface area (Å²) in [5.74, 6) is -0.469. The number of benzene rings is 1. The summed E-state index contributed by atoms with van der Waals surface area (Å²) in [6, 6.07) is 9.29. The van der Waals surface area contributed by atoms with Crippen LogP contribution in [0.1, 0.15) is 22.8 Å². The van der Waals surface area contributed by atoms with Crippen LogP contribution in [0.2, 0.25) is 0 Å². The van der Waals surface area contributed by atoms with E-state index in [-0.39, 0.29) is 33.7 Å². The molecule has 0 saturated carbocycles. The summed E-state index contributed by atoms with van der Waals surface area (Å²) >= 11 is 0. The van der Waals surface area contributed by atoms with E-state index < -0.39 is 11.5 Å². The summed E-state index contributed by atoms with van der Waals surface area (Å²) in [7, 11) is 0. The van der Waals surface area contributed by atoms with Crippen molar-refractivity contribution in [2.24, 2.45) is 5.73 Å². The summed E-state index contributed by atoms with van der Waals surface area (Å²) in [5, 5.41) is 29.3. The standard InChI is InChI=1S/C16H12N3O5/c1-8-5-12-14(16(20)23-8)13(11(7-17)15(18)24-12)9-3-2-4-10(6-9)19(21)22/h2-6,13,21H,18H2,1H3/q-1. The Hall–Kier alpha value is -3.28. The fourth-order valence-electron chi connectivity index (χ4n) is 2.67. The molecule has 1 aromatic heterocycles. The maximum Gasteiger partial charge on any atom is 0.343 e. The molecular formula is C16H12N3O5-. The van der Waals surface area contributed by atoms with E-state index in [1.54, 1.807) is 13.0 Å². The Morgan fingerprint density at radius 1 is 1.42 bits per heavy atom. The Bertz CT molecular complexity index is 939. The van der Waals surface area contributed by atoms with Gasteiger partial charge in [0.15, 0.2) is 0 Å². The first-order valence-corrected chi connectivity index (χ1v) is 6.90. The molecule has 0 saturated heterocycles. The van der Waals surface area contributed by atoms with Crippen LogP contribution in [-0.4, -0.2) is 5.21 Å². The third kappa shape index (κ3) is 2.48. The molecule has 0 spiro atoms. The van der Waals surface area contributed by atoms with Crippen LogP contribution in [-0.2, 0) is 0 Å². The van der Waals surface area contributed by atoms with Crippen LogP contribution in [0.25, 0.3) is 0 Å². The minimum absolute atomic E-state index is 0.0196. The smallest absolute Gasteiger partial charge is 0.343 e. The lowest BCUT2D eigenvalue weighted by atomic mass is 9.84. The SMILES string of the molecule is Cc1cc2c(c(=O)o1)C(c1cccc(N([O-])O)c1)C(C#N)=C(N)O2. The average Bonchev–Trinajstić information content (AvgIpc) is 2.53. The van der Waals surface area contributed by atoms with E-state index in [0.29, 0.717) is 11.3 Å². The highest BCUT2D eigenvalue weighted by Gasteiger charge is 2.34. The molecule has 0 fully saturated rings. The Morgan fingerprint density at radius 2 is 2.17 bits per heavy atom. The Kier molecular flexibility index (Phi) is 3.73. The molecule has 8 heteroatoms. The minimum Gasteiger partial charge on any atom is -0.733 e. The van der Waals surface area contributed by atoms with Crippen LogP contribution in [0.4, 0.5) is 5.69 Å². The second-order valence-corrected chi connectivity index (χ2v) is 5.22. The zero-order chi connectivity index (χ0) is 17.4. The minimum atomic E-state index is -0.865. The van der Waals surface area contributed by atoms with E-state index in [4.69, 9.17) is 20.1 Å². The topological polar surface area (TPSA) is 136 Å². The molecule has 3 N–H and O–H groups in total. The third-order valence-corrected chi connectivity index (χ3v) is 3.68. The van der Waals surface area contributed by atoms with Crippen molar-refractivity contribution in [2.75, 3.05) is 5.23 Å². The first-order valence-electron chi connectivity index (χ1n) is 6.90. The molecule has 0 radical (unpaired) electrons. The lowest BCUT2D eigenvalue weighted by Gasteiger charge is -2.27. The first-order chi connectivity index (χ1) is 11.4. The van der Waals surface area contributed by atoms with Gasteiger partial charge in [-0.2, -0.15) is 5.26 Å². The van der Waals surface area contributed by atoms with Crippen molar-refractivity contribution in [2.45, 2.75) is 12.8 Å². The van der Waals surface area contributed by atoms with Gasteiger partial charge >= 0.3 is 5.63 Å². The summed E-state index contributed by atoms with van der Waals surface area (Å²) in [4.78, 5) is 12.3. The van der Waals surface area contributed by atoms with Crippen molar-refractivity contribution in [3.05, 3.63) is 74.3 Å². The molecule has 1 aromatic carbocycles. The Morgan fingerprint density at radius 3 is 2.83 bits per heavy atom. The highest BCUT2D eigenvalue weighted by molar-refractivity contribution is 5.57. The number of ether oxygens (including phenoxy) is 1. The molecule has 1 aliphatic rings. The summed E-state index contributed by atoms with van der Waals surface area (Å²) < 4.78 is 10.5. The van der Waals surface area contributed by atoms with Crippen LogP contribution in [0.15, 0.2) is 51.0 Å². The van der Waals surface area contributed by atoms with Crippen molar-refractivity contribution in [3.8, 4) is 11.8 Å². The molecule has 8 nitrogen and oxygen atoms in total. The predicted octanol–water partition coefficient (Wildman–Crippen LogP) is 1.86. The monoisotopic (exact) mass is 326 g/mol. The maximum absolute atomic E-state index is 12.3. The fraction of sp³-hybridized carbons (Fsp3) is 0.125. The first kappa shape index (κ1) is 15.6. The largest absolute Gasteiger partial charge is 0.733 e. The van der Waals surface area contributed by atoms with Gasteiger partial charge in [0.1, 0.15) is 23.2 Å². The van der Waals surface area contributed by atoms with Gasteiger partial charge in [0.25, 0.3) is 0 Å². The number of nitrogens with zero attached hydrogens (tertiary/aromatic N) is 2. The van der Waals surface area contributed by atoms with E-state index in [1.165, 1.54) is 24.3 Å². The summed E-state index contributed by atoms with van der Waals surface area (Å²) in [5.41, 5.74) is 5.65. The summed E-state index contributed by atoms with van der Waals surface area (Å²) in [6.45, 7) is 1.58. The zero-order valence-electron chi connectivity index (χ0n) is 12.5. The number of rotatable bonds is 2. The molecule has 24 heavy (non-hydrogen) atoms. The number of aryl methyl sites for hydroxylation is 1. The van der Waals surface area contributed by atoms with E-state index in [0.717, 1.165) is 0 Å². The van der Waals surface area contributed by atoms with Gasteiger partial charge in [0, 0.05) is 6.07 Å². The molecule has 3 rings (SSSR count). The molecule has 0 bridgehead atoms. The number of hydrogen-bond acceptors (Lipinski definition) is 8. The second kappa shape index (κ2) is 5.73. The number of allylic oxidation sites excluding steroid dienone is 1. The molecular weight excluding hydrogens is 314 g/mol. The fourth-order valence-corrected chi connectivity index (χ4v) is 2.67. The lowest BCUT2D eigenvalue weighted by Crippen LogP contribution is -2.26. The number of anilines is 1. The van der Waals surface area contributed by atoms with Crippen molar-refractivity contribution in [1.82, 2.24) is 0 Å². The average molecular weight is 326 g/mol. The normalized spacial score (nSPS) is 16.2. The van der Waals surface area contributed by atoms with Gasteiger partial charge in [-0.1, -0.05) is 12.1 Å². The number of fused-ring (bicyclic) bond motifs is 1. The van der Waals surface area contributed by atoms with Crippen LogP contribution >= 0.6 is 0 Å². The van der Waals surface area contributed by atoms with Gasteiger partial charge in [-0.3, -0.25) is 5.21 Å². The molecule has 2 heterocycles. The Labute approximate surface area is 136 Å². The van der Waals surface area contributed by atoms with Crippen molar-refractivity contribution in [1.29, 1.82) is 5.26 Å². The quantitative estimate of drug-likeness (QED) is 0.798. The molecule has 122 valence electrons. The Balaban J connectivity index is 2.28.